The maximum atomic E-state index is 4.57. The summed E-state index contributed by atoms with van der Waals surface area (Å²) in [7, 11) is 0. The van der Waals surface area contributed by atoms with Crippen LogP contribution < -0.4 is 15.5 Å². The lowest BCUT2D eigenvalue weighted by molar-refractivity contribution is 0.463. The van der Waals surface area contributed by atoms with Crippen molar-refractivity contribution in [1.82, 2.24) is 15.6 Å². The van der Waals surface area contributed by atoms with Gasteiger partial charge in [0.25, 0.3) is 0 Å². The van der Waals surface area contributed by atoms with Crippen molar-refractivity contribution in [2.24, 2.45) is 0 Å². The monoisotopic (exact) mass is 296 g/mol. The Hall–Kier alpha value is -1.65. The Kier molecular flexibility index (Phi) is 3.95. The van der Waals surface area contributed by atoms with Gasteiger partial charge in [0, 0.05) is 56.2 Å². The summed E-state index contributed by atoms with van der Waals surface area (Å²) < 4.78 is 0. The number of benzene rings is 1. The summed E-state index contributed by atoms with van der Waals surface area (Å²) in [6.07, 6.45) is 6.66. The summed E-state index contributed by atoms with van der Waals surface area (Å²) in [5, 5.41) is 9.66. The first-order valence-corrected chi connectivity index (χ1v) is 8.46. The highest BCUT2D eigenvalue weighted by molar-refractivity contribution is 5.96. The highest BCUT2D eigenvalue weighted by atomic mass is 15.2. The van der Waals surface area contributed by atoms with Gasteiger partial charge in [0.2, 0.25) is 0 Å². The largest absolute Gasteiger partial charge is 0.368 e. The summed E-state index contributed by atoms with van der Waals surface area (Å²) in [6, 6.07) is 6.73. The molecule has 116 valence electrons. The van der Waals surface area contributed by atoms with Crippen LogP contribution in [0.3, 0.4) is 0 Å². The summed E-state index contributed by atoms with van der Waals surface area (Å²) in [6.45, 7) is 6.52. The van der Waals surface area contributed by atoms with Crippen molar-refractivity contribution in [3.8, 4) is 0 Å². The second kappa shape index (κ2) is 6.23. The maximum absolute atomic E-state index is 4.57. The molecule has 2 aliphatic rings. The molecule has 0 radical (unpaired) electrons. The fraction of sp³-hybridized carbons (Fsp3) is 0.500. The number of aromatic nitrogens is 1. The van der Waals surface area contributed by atoms with Crippen LogP contribution in [0.4, 0.5) is 5.69 Å². The predicted octanol–water partition coefficient (Wildman–Crippen LogP) is 2.11. The van der Waals surface area contributed by atoms with Crippen LogP contribution in [0, 0.1) is 0 Å². The second-order valence-electron chi connectivity index (χ2n) is 6.38. The number of fused-ring (bicyclic) bond motifs is 1. The smallest absolute Gasteiger partial charge is 0.0462 e. The Bertz CT molecular complexity index is 585. The van der Waals surface area contributed by atoms with E-state index in [-0.39, 0.29) is 0 Å². The second-order valence-corrected chi connectivity index (χ2v) is 6.38. The van der Waals surface area contributed by atoms with Gasteiger partial charge in [0.15, 0.2) is 0 Å². The van der Waals surface area contributed by atoms with E-state index in [4.69, 9.17) is 0 Å². The van der Waals surface area contributed by atoms with E-state index in [0.717, 1.165) is 39.3 Å². The summed E-state index contributed by atoms with van der Waals surface area (Å²) in [5.74, 6) is 0.600. The van der Waals surface area contributed by atoms with Crippen molar-refractivity contribution in [2.75, 3.05) is 44.2 Å². The van der Waals surface area contributed by atoms with Crippen molar-refractivity contribution in [3.05, 3.63) is 36.2 Å². The third kappa shape index (κ3) is 2.57. The third-order valence-electron chi connectivity index (χ3n) is 5.01. The molecule has 0 aliphatic carbocycles. The van der Waals surface area contributed by atoms with Gasteiger partial charge in [-0.15, -0.1) is 0 Å². The molecule has 2 fully saturated rings. The Morgan fingerprint density at radius 3 is 2.73 bits per heavy atom. The van der Waals surface area contributed by atoms with E-state index in [2.05, 4.69) is 44.9 Å². The summed E-state index contributed by atoms with van der Waals surface area (Å²) in [5.41, 5.74) is 2.76. The molecule has 4 nitrogen and oxygen atoms in total. The highest BCUT2D eigenvalue weighted by Crippen LogP contribution is 2.33. The minimum Gasteiger partial charge on any atom is -0.368 e. The Balaban J connectivity index is 1.76. The predicted molar refractivity (Wildman–Crippen MR) is 91.7 cm³/mol. The van der Waals surface area contributed by atoms with Gasteiger partial charge >= 0.3 is 0 Å². The van der Waals surface area contributed by atoms with Crippen LogP contribution in [-0.4, -0.2) is 44.3 Å². The van der Waals surface area contributed by atoms with Crippen LogP contribution in [0.15, 0.2) is 30.6 Å². The number of hydrogen-bond donors (Lipinski definition) is 2. The minimum atomic E-state index is 0.600. The number of anilines is 1. The molecule has 0 saturated carbocycles. The maximum Gasteiger partial charge on any atom is 0.0462 e. The van der Waals surface area contributed by atoms with Crippen LogP contribution in [0.5, 0.6) is 0 Å². The zero-order valence-electron chi connectivity index (χ0n) is 13.0. The number of rotatable bonds is 2. The van der Waals surface area contributed by atoms with Gasteiger partial charge in [0.1, 0.15) is 0 Å². The van der Waals surface area contributed by atoms with Gasteiger partial charge in [-0.1, -0.05) is 12.1 Å². The number of piperazine rings is 1. The van der Waals surface area contributed by atoms with Crippen LogP contribution >= 0.6 is 0 Å². The normalized spacial score (nSPS) is 22.9. The molecule has 4 rings (SSSR count). The average Bonchev–Trinajstić information content (AvgIpc) is 2.62. The first-order valence-electron chi connectivity index (χ1n) is 8.46. The van der Waals surface area contributed by atoms with Gasteiger partial charge in [0.05, 0.1) is 0 Å². The number of nitrogens with one attached hydrogen (secondary N) is 2. The van der Waals surface area contributed by atoms with E-state index in [1.54, 1.807) is 0 Å². The molecule has 1 aromatic heterocycles. The molecule has 2 saturated heterocycles. The number of piperidine rings is 1. The fourth-order valence-electron chi connectivity index (χ4n) is 3.83. The van der Waals surface area contributed by atoms with Crippen LogP contribution in [0.2, 0.25) is 0 Å². The topological polar surface area (TPSA) is 40.2 Å². The molecule has 2 aromatic rings. The number of nitrogens with zero attached hydrogens (tertiary/aromatic N) is 2. The Labute approximate surface area is 131 Å². The highest BCUT2D eigenvalue weighted by Gasteiger charge is 2.20. The fourth-order valence-corrected chi connectivity index (χ4v) is 3.83. The van der Waals surface area contributed by atoms with Gasteiger partial charge < -0.3 is 15.5 Å². The number of hydrogen-bond acceptors (Lipinski definition) is 4. The van der Waals surface area contributed by atoms with Crippen LogP contribution in [-0.2, 0) is 0 Å². The van der Waals surface area contributed by atoms with Crippen LogP contribution in [0.25, 0.3) is 10.8 Å². The lowest BCUT2D eigenvalue weighted by atomic mass is 9.89. The van der Waals surface area contributed by atoms with E-state index in [1.807, 2.05) is 6.20 Å². The molecule has 0 bridgehead atoms. The van der Waals surface area contributed by atoms with E-state index >= 15 is 0 Å². The molecule has 4 heteroatoms. The molecule has 0 amide bonds. The van der Waals surface area contributed by atoms with Crippen LogP contribution in [0.1, 0.15) is 24.3 Å². The Morgan fingerprint density at radius 2 is 1.91 bits per heavy atom. The lowest BCUT2D eigenvalue weighted by Gasteiger charge is -2.31. The average molecular weight is 296 g/mol. The Morgan fingerprint density at radius 1 is 1.00 bits per heavy atom. The van der Waals surface area contributed by atoms with E-state index in [9.17, 15) is 0 Å². The van der Waals surface area contributed by atoms with Gasteiger partial charge in [-0.25, -0.2) is 0 Å². The SMILES string of the molecule is c1cc(N2CCNCC2)c2cncc(C3CCCNC3)c2c1. The van der Waals surface area contributed by atoms with Gasteiger partial charge in [-0.2, -0.15) is 0 Å². The van der Waals surface area contributed by atoms with Crippen molar-refractivity contribution in [1.29, 1.82) is 0 Å². The van der Waals surface area contributed by atoms with E-state index < -0.39 is 0 Å². The van der Waals surface area contributed by atoms with Crippen molar-refractivity contribution in [2.45, 2.75) is 18.8 Å². The van der Waals surface area contributed by atoms with Crippen molar-refractivity contribution >= 4 is 16.5 Å². The van der Waals surface area contributed by atoms with Gasteiger partial charge in [-0.3, -0.25) is 4.98 Å². The zero-order chi connectivity index (χ0) is 14.8. The molecular formula is C18H24N4. The summed E-state index contributed by atoms with van der Waals surface area (Å²) in [4.78, 5) is 7.06. The molecule has 0 spiro atoms. The van der Waals surface area contributed by atoms with Crippen molar-refractivity contribution < 1.29 is 0 Å². The summed E-state index contributed by atoms with van der Waals surface area (Å²) >= 11 is 0. The minimum absolute atomic E-state index is 0.600. The molecule has 22 heavy (non-hydrogen) atoms. The van der Waals surface area contributed by atoms with E-state index in [1.165, 1.54) is 34.9 Å². The molecule has 2 aliphatic heterocycles. The number of pyridine rings is 1. The third-order valence-corrected chi connectivity index (χ3v) is 5.01. The van der Waals surface area contributed by atoms with Gasteiger partial charge in [-0.05, 0) is 42.3 Å². The first kappa shape index (κ1) is 14.0. The van der Waals surface area contributed by atoms with E-state index in [0.29, 0.717) is 5.92 Å². The van der Waals surface area contributed by atoms with Crippen molar-refractivity contribution in [3.63, 3.8) is 0 Å². The lowest BCUT2D eigenvalue weighted by Crippen LogP contribution is -2.43. The molecule has 1 unspecified atom stereocenters. The molecule has 3 heterocycles. The quantitative estimate of drug-likeness (QED) is 0.890. The first-order chi connectivity index (χ1) is 10.9. The molecular weight excluding hydrogens is 272 g/mol. The standard InChI is InChI=1S/C18H24N4/c1-4-15-16(14-3-2-6-20-11-14)12-21-13-17(15)18(5-1)22-9-7-19-8-10-22/h1,4-5,12-14,19-20H,2-3,6-11H2. The molecule has 2 N–H and O–H groups in total. The zero-order valence-corrected chi connectivity index (χ0v) is 13.0. The molecule has 1 aromatic carbocycles. The molecule has 1 atom stereocenters.